The SMILES string of the molecule is COCCn1c(C)c(Cc2ccccc2)c2c(N3CCc4ccccc4C3)nccc21. The molecule has 4 aromatic rings. The number of hydrogen-bond acceptors (Lipinski definition) is 3. The summed E-state index contributed by atoms with van der Waals surface area (Å²) in [6.07, 6.45) is 3.94. The maximum atomic E-state index is 5.42. The number of fused-ring (bicyclic) bond motifs is 2. The van der Waals surface area contributed by atoms with Crippen LogP contribution in [0.4, 0.5) is 5.82 Å². The standard InChI is InChI=1S/C27H29N3O/c1-20-24(18-21-8-4-3-5-9-21)26-25(30(20)16-17-31-2)12-14-28-27(26)29-15-13-22-10-6-7-11-23(22)19-29/h3-12,14H,13,15-19H2,1-2H3. The first-order chi connectivity index (χ1) is 15.3. The maximum absolute atomic E-state index is 5.42. The minimum Gasteiger partial charge on any atom is -0.383 e. The van der Waals surface area contributed by atoms with Crippen LogP contribution in [0.15, 0.2) is 66.9 Å². The lowest BCUT2D eigenvalue weighted by Gasteiger charge is -2.30. The Kier molecular flexibility index (Phi) is 5.47. The zero-order valence-electron chi connectivity index (χ0n) is 18.3. The van der Waals surface area contributed by atoms with Crippen molar-refractivity contribution < 1.29 is 4.74 Å². The molecule has 0 unspecified atom stereocenters. The summed E-state index contributed by atoms with van der Waals surface area (Å²) in [5.74, 6) is 1.11. The minimum absolute atomic E-state index is 0.699. The average Bonchev–Trinajstić information content (AvgIpc) is 3.08. The number of hydrogen-bond donors (Lipinski definition) is 0. The molecular weight excluding hydrogens is 382 g/mol. The Morgan fingerprint density at radius 1 is 0.968 bits per heavy atom. The van der Waals surface area contributed by atoms with Gasteiger partial charge in [-0.15, -0.1) is 0 Å². The average molecular weight is 412 g/mol. The number of benzene rings is 2. The molecule has 0 N–H and O–H groups in total. The molecule has 4 nitrogen and oxygen atoms in total. The second-order valence-corrected chi connectivity index (χ2v) is 8.34. The number of nitrogens with zero attached hydrogens (tertiary/aromatic N) is 3. The van der Waals surface area contributed by atoms with Crippen molar-refractivity contribution in [1.82, 2.24) is 9.55 Å². The third kappa shape index (κ3) is 3.72. The van der Waals surface area contributed by atoms with Crippen LogP contribution < -0.4 is 4.90 Å². The minimum atomic E-state index is 0.699. The highest BCUT2D eigenvalue weighted by molar-refractivity contribution is 5.95. The van der Waals surface area contributed by atoms with E-state index in [-0.39, 0.29) is 0 Å². The molecule has 1 aliphatic heterocycles. The number of methoxy groups -OCH3 is 1. The maximum Gasteiger partial charge on any atom is 0.138 e. The van der Waals surface area contributed by atoms with Gasteiger partial charge in [-0.3, -0.25) is 0 Å². The van der Waals surface area contributed by atoms with E-state index in [2.05, 4.69) is 77.1 Å². The summed E-state index contributed by atoms with van der Waals surface area (Å²) < 4.78 is 7.82. The van der Waals surface area contributed by atoms with Gasteiger partial charge in [0.05, 0.1) is 12.1 Å². The highest BCUT2D eigenvalue weighted by atomic mass is 16.5. The van der Waals surface area contributed by atoms with Gasteiger partial charge < -0.3 is 14.2 Å². The monoisotopic (exact) mass is 411 g/mol. The van der Waals surface area contributed by atoms with Crippen molar-refractivity contribution in [3.63, 3.8) is 0 Å². The smallest absolute Gasteiger partial charge is 0.138 e. The highest BCUT2D eigenvalue weighted by Crippen LogP contribution is 2.36. The number of pyridine rings is 1. The normalized spacial score (nSPS) is 13.5. The van der Waals surface area contributed by atoms with Crippen molar-refractivity contribution in [2.24, 2.45) is 0 Å². The molecule has 5 rings (SSSR count). The Morgan fingerprint density at radius 3 is 2.55 bits per heavy atom. The Labute approximate surface area is 184 Å². The molecule has 0 aliphatic carbocycles. The van der Waals surface area contributed by atoms with E-state index in [0.29, 0.717) is 6.61 Å². The van der Waals surface area contributed by atoms with Gasteiger partial charge in [0, 0.05) is 44.0 Å². The molecule has 4 heteroatoms. The molecule has 1 aliphatic rings. The van der Waals surface area contributed by atoms with Crippen LogP contribution in [-0.2, 0) is 30.7 Å². The van der Waals surface area contributed by atoms with E-state index in [4.69, 9.17) is 9.72 Å². The fourth-order valence-corrected chi connectivity index (χ4v) is 4.88. The van der Waals surface area contributed by atoms with Crippen molar-refractivity contribution >= 4 is 16.7 Å². The number of rotatable bonds is 6. The van der Waals surface area contributed by atoms with Crippen LogP contribution in [-0.4, -0.2) is 29.8 Å². The summed E-state index contributed by atoms with van der Waals surface area (Å²) in [5, 5.41) is 1.29. The third-order valence-electron chi connectivity index (χ3n) is 6.52. The molecule has 2 aromatic heterocycles. The third-order valence-corrected chi connectivity index (χ3v) is 6.52. The van der Waals surface area contributed by atoms with Gasteiger partial charge >= 0.3 is 0 Å². The molecule has 158 valence electrons. The van der Waals surface area contributed by atoms with Crippen LogP contribution in [0.1, 0.15) is 27.9 Å². The van der Waals surface area contributed by atoms with Gasteiger partial charge in [0.15, 0.2) is 0 Å². The lowest BCUT2D eigenvalue weighted by molar-refractivity contribution is 0.188. The Morgan fingerprint density at radius 2 is 1.74 bits per heavy atom. The Hall–Kier alpha value is -3.11. The lowest BCUT2D eigenvalue weighted by atomic mass is 9.98. The molecule has 3 heterocycles. The van der Waals surface area contributed by atoms with Crippen molar-refractivity contribution in [3.05, 3.63) is 94.8 Å². The Balaban J connectivity index is 1.63. The van der Waals surface area contributed by atoms with Crippen LogP contribution in [0.5, 0.6) is 0 Å². The van der Waals surface area contributed by atoms with Crippen LogP contribution in [0.2, 0.25) is 0 Å². The zero-order chi connectivity index (χ0) is 21.2. The molecule has 0 radical (unpaired) electrons. The predicted octanol–water partition coefficient (Wildman–Crippen LogP) is 5.14. The van der Waals surface area contributed by atoms with Crippen molar-refractivity contribution in [2.45, 2.75) is 32.9 Å². The second-order valence-electron chi connectivity index (χ2n) is 8.34. The first-order valence-electron chi connectivity index (χ1n) is 11.1. The summed E-state index contributed by atoms with van der Waals surface area (Å²) in [4.78, 5) is 7.38. The van der Waals surface area contributed by atoms with Crippen molar-refractivity contribution in [3.8, 4) is 0 Å². The molecule has 0 fully saturated rings. The second kappa shape index (κ2) is 8.56. The van der Waals surface area contributed by atoms with E-state index in [0.717, 1.165) is 38.3 Å². The van der Waals surface area contributed by atoms with Crippen molar-refractivity contribution in [1.29, 1.82) is 0 Å². The number of ether oxygens (including phenoxy) is 1. The summed E-state index contributed by atoms with van der Waals surface area (Å²) in [7, 11) is 1.77. The van der Waals surface area contributed by atoms with Crippen LogP contribution in [0.3, 0.4) is 0 Å². The zero-order valence-corrected chi connectivity index (χ0v) is 18.3. The molecular formula is C27H29N3O. The molecule has 0 spiro atoms. The van der Waals surface area contributed by atoms with E-state index < -0.39 is 0 Å². The summed E-state index contributed by atoms with van der Waals surface area (Å²) in [6.45, 7) is 5.69. The van der Waals surface area contributed by atoms with Gasteiger partial charge in [0.2, 0.25) is 0 Å². The van der Waals surface area contributed by atoms with E-state index in [1.54, 1.807) is 7.11 Å². The number of anilines is 1. The van der Waals surface area contributed by atoms with E-state index in [9.17, 15) is 0 Å². The fraction of sp³-hybridized carbons (Fsp3) is 0.296. The molecule has 0 atom stereocenters. The van der Waals surface area contributed by atoms with Gasteiger partial charge in [0.25, 0.3) is 0 Å². The largest absolute Gasteiger partial charge is 0.383 e. The first-order valence-corrected chi connectivity index (χ1v) is 11.1. The first kappa shape index (κ1) is 19.8. The van der Waals surface area contributed by atoms with Gasteiger partial charge in [-0.1, -0.05) is 54.6 Å². The van der Waals surface area contributed by atoms with E-state index in [1.807, 2.05) is 6.20 Å². The van der Waals surface area contributed by atoms with E-state index in [1.165, 1.54) is 38.9 Å². The van der Waals surface area contributed by atoms with Crippen LogP contribution in [0, 0.1) is 6.92 Å². The molecule has 31 heavy (non-hydrogen) atoms. The summed E-state index contributed by atoms with van der Waals surface area (Å²) in [6, 6.07) is 21.7. The van der Waals surface area contributed by atoms with Crippen LogP contribution in [0.25, 0.3) is 10.9 Å². The molecule has 0 saturated carbocycles. The molecule has 2 aromatic carbocycles. The van der Waals surface area contributed by atoms with Gasteiger partial charge in [0.1, 0.15) is 5.82 Å². The quantitative estimate of drug-likeness (QED) is 0.440. The highest BCUT2D eigenvalue weighted by Gasteiger charge is 2.24. The van der Waals surface area contributed by atoms with Crippen molar-refractivity contribution in [2.75, 3.05) is 25.2 Å². The molecule has 0 saturated heterocycles. The lowest BCUT2D eigenvalue weighted by Crippen LogP contribution is -2.31. The fourth-order valence-electron chi connectivity index (χ4n) is 4.88. The van der Waals surface area contributed by atoms with Gasteiger partial charge in [-0.05, 0) is 48.1 Å². The van der Waals surface area contributed by atoms with Gasteiger partial charge in [-0.25, -0.2) is 4.98 Å². The Bertz CT molecular complexity index is 1200. The number of aromatic nitrogens is 2. The summed E-state index contributed by atoms with van der Waals surface area (Å²) >= 11 is 0. The van der Waals surface area contributed by atoms with Gasteiger partial charge in [-0.2, -0.15) is 0 Å². The van der Waals surface area contributed by atoms with Crippen LogP contribution >= 0.6 is 0 Å². The molecule has 0 amide bonds. The predicted molar refractivity (Wildman–Crippen MR) is 127 cm³/mol. The topological polar surface area (TPSA) is 30.3 Å². The van der Waals surface area contributed by atoms with E-state index >= 15 is 0 Å². The molecule has 0 bridgehead atoms. The summed E-state index contributed by atoms with van der Waals surface area (Å²) in [5.41, 5.74) is 8.14.